The summed E-state index contributed by atoms with van der Waals surface area (Å²) in [4.78, 5) is 26.3. The molecule has 0 spiro atoms. The van der Waals surface area contributed by atoms with Gasteiger partial charge in [0.25, 0.3) is 0 Å². The molecule has 1 aliphatic heterocycles. The Morgan fingerprint density at radius 2 is 1.96 bits per heavy atom. The van der Waals surface area contributed by atoms with Crippen LogP contribution < -0.4 is 5.32 Å². The molecule has 1 aromatic rings. The zero-order chi connectivity index (χ0) is 17.2. The van der Waals surface area contributed by atoms with E-state index in [1.54, 1.807) is 4.90 Å². The van der Waals surface area contributed by atoms with E-state index < -0.39 is 0 Å². The average molecular weight is 351 g/mol. The summed E-state index contributed by atoms with van der Waals surface area (Å²) < 4.78 is 4.88. The molecule has 0 atom stereocenters. The molecule has 0 radical (unpaired) electrons. The first-order chi connectivity index (χ1) is 11.6. The summed E-state index contributed by atoms with van der Waals surface area (Å²) in [6.45, 7) is 1.32. The highest BCUT2D eigenvalue weighted by Gasteiger charge is 2.47. The van der Waals surface area contributed by atoms with Gasteiger partial charge < -0.3 is 15.0 Å². The standard InChI is InChI=1S/C18H23ClN2O3/c1-24-12-16(22)21-10-6-13(7-11-21)17(23)20-18(8-9-18)14-4-2-3-5-15(14)19/h2-5,13H,6-12H2,1H3,(H,20,23). The van der Waals surface area contributed by atoms with Crippen LogP contribution in [0.1, 0.15) is 31.2 Å². The van der Waals surface area contributed by atoms with Gasteiger partial charge in [0, 0.05) is 31.1 Å². The van der Waals surface area contributed by atoms with Gasteiger partial charge in [-0.3, -0.25) is 9.59 Å². The van der Waals surface area contributed by atoms with E-state index in [1.165, 1.54) is 7.11 Å². The number of carbonyl (C=O) groups excluding carboxylic acids is 2. The zero-order valence-corrected chi connectivity index (χ0v) is 14.6. The van der Waals surface area contributed by atoms with Gasteiger partial charge >= 0.3 is 0 Å². The van der Waals surface area contributed by atoms with Crippen LogP contribution in [0.15, 0.2) is 24.3 Å². The summed E-state index contributed by atoms with van der Waals surface area (Å²) in [6, 6.07) is 7.70. The predicted octanol–water partition coefficient (Wildman–Crippen LogP) is 2.33. The van der Waals surface area contributed by atoms with Crippen LogP contribution >= 0.6 is 11.6 Å². The first kappa shape index (κ1) is 17.2. The predicted molar refractivity (Wildman–Crippen MR) is 91.7 cm³/mol. The number of hydrogen-bond acceptors (Lipinski definition) is 3. The van der Waals surface area contributed by atoms with Gasteiger partial charge in [-0.05, 0) is 37.3 Å². The summed E-state index contributed by atoms with van der Waals surface area (Å²) in [5.41, 5.74) is 0.714. The molecule has 2 fully saturated rings. The van der Waals surface area contributed by atoms with Gasteiger partial charge in [0.2, 0.25) is 11.8 Å². The fourth-order valence-corrected chi connectivity index (χ4v) is 3.70. The molecule has 1 heterocycles. The number of halogens is 1. The lowest BCUT2D eigenvalue weighted by molar-refractivity contribution is -0.139. The van der Waals surface area contributed by atoms with Crippen LogP contribution in [-0.4, -0.2) is 43.5 Å². The van der Waals surface area contributed by atoms with Crippen molar-refractivity contribution in [1.82, 2.24) is 10.2 Å². The van der Waals surface area contributed by atoms with E-state index >= 15 is 0 Å². The van der Waals surface area contributed by atoms with E-state index in [0.717, 1.165) is 18.4 Å². The van der Waals surface area contributed by atoms with Crippen LogP contribution in [-0.2, 0) is 19.9 Å². The van der Waals surface area contributed by atoms with Gasteiger partial charge in [0.15, 0.2) is 0 Å². The molecule has 0 bridgehead atoms. The van der Waals surface area contributed by atoms with Gasteiger partial charge in [-0.25, -0.2) is 0 Å². The van der Waals surface area contributed by atoms with Gasteiger partial charge in [0.05, 0.1) is 5.54 Å². The maximum atomic E-state index is 12.7. The molecule has 24 heavy (non-hydrogen) atoms. The fourth-order valence-electron chi connectivity index (χ4n) is 3.38. The molecule has 0 aromatic heterocycles. The maximum Gasteiger partial charge on any atom is 0.248 e. The van der Waals surface area contributed by atoms with Crippen molar-refractivity contribution in [2.24, 2.45) is 5.92 Å². The molecule has 1 saturated heterocycles. The minimum atomic E-state index is -0.293. The third kappa shape index (κ3) is 3.57. The number of amides is 2. The molecule has 1 aromatic carbocycles. The average Bonchev–Trinajstić information content (AvgIpc) is 3.36. The molecule has 5 nitrogen and oxygen atoms in total. The molecule has 1 aliphatic carbocycles. The second-order valence-corrected chi connectivity index (χ2v) is 7.05. The van der Waals surface area contributed by atoms with Crippen molar-refractivity contribution in [2.75, 3.05) is 26.8 Å². The Morgan fingerprint density at radius 1 is 1.29 bits per heavy atom. The van der Waals surface area contributed by atoms with E-state index in [9.17, 15) is 9.59 Å². The summed E-state index contributed by atoms with van der Waals surface area (Å²) >= 11 is 6.29. The third-order valence-electron chi connectivity index (χ3n) is 4.99. The topological polar surface area (TPSA) is 58.6 Å². The summed E-state index contributed by atoms with van der Waals surface area (Å²) in [6.07, 6.45) is 3.24. The van der Waals surface area contributed by atoms with Crippen LogP contribution in [0.2, 0.25) is 5.02 Å². The number of piperidine rings is 1. The number of ether oxygens (including phenoxy) is 1. The van der Waals surface area contributed by atoms with E-state index in [0.29, 0.717) is 31.0 Å². The van der Waals surface area contributed by atoms with E-state index in [1.807, 2.05) is 24.3 Å². The van der Waals surface area contributed by atoms with Crippen molar-refractivity contribution in [3.63, 3.8) is 0 Å². The highest BCUT2D eigenvalue weighted by Crippen LogP contribution is 2.48. The van der Waals surface area contributed by atoms with Crippen molar-refractivity contribution >= 4 is 23.4 Å². The Labute approximate surface area is 147 Å². The van der Waals surface area contributed by atoms with Crippen molar-refractivity contribution in [3.05, 3.63) is 34.9 Å². The Balaban J connectivity index is 1.57. The summed E-state index contributed by atoms with van der Waals surface area (Å²) in [5, 5.41) is 3.92. The number of hydrogen-bond donors (Lipinski definition) is 1. The molecular weight excluding hydrogens is 328 g/mol. The highest BCUT2D eigenvalue weighted by molar-refractivity contribution is 6.31. The minimum absolute atomic E-state index is 0.00825. The molecule has 1 saturated carbocycles. The summed E-state index contributed by atoms with van der Waals surface area (Å²) in [7, 11) is 1.52. The molecule has 1 N–H and O–H groups in total. The molecule has 2 aliphatic rings. The van der Waals surface area contributed by atoms with Crippen LogP contribution in [0.25, 0.3) is 0 Å². The summed E-state index contributed by atoms with van der Waals surface area (Å²) in [5.74, 6) is 0.0221. The fraction of sp³-hybridized carbons (Fsp3) is 0.556. The molecule has 6 heteroatoms. The number of benzene rings is 1. The Kier molecular flexibility index (Phi) is 5.11. The van der Waals surface area contributed by atoms with Crippen molar-refractivity contribution in [2.45, 2.75) is 31.2 Å². The van der Waals surface area contributed by atoms with Crippen LogP contribution in [0.4, 0.5) is 0 Å². The lowest BCUT2D eigenvalue weighted by Gasteiger charge is -2.32. The second kappa shape index (κ2) is 7.11. The van der Waals surface area contributed by atoms with Crippen molar-refractivity contribution in [1.29, 1.82) is 0 Å². The first-order valence-electron chi connectivity index (χ1n) is 8.39. The monoisotopic (exact) mass is 350 g/mol. The Morgan fingerprint density at radius 3 is 2.54 bits per heavy atom. The van der Waals surface area contributed by atoms with Crippen LogP contribution in [0.3, 0.4) is 0 Å². The largest absolute Gasteiger partial charge is 0.375 e. The quantitative estimate of drug-likeness (QED) is 0.886. The number of carbonyl (C=O) groups is 2. The number of methoxy groups -OCH3 is 1. The van der Waals surface area contributed by atoms with E-state index in [4.69, 9.17) is 16.3 Å². The number of nitrogens with zero attached hydrogens (tertiary/aromatic N) is 1. The van der Waals surface area contributed by atoms with E-state index in [2.05, 4.69) is 5.32 Å². The van der Waals surface area contributed by atoms with Gasteiger partial charge in [-0.1, -0.05) is 29.8 Å². The molecule has 3 rings (SSSR count). The van der Waals surface area contributed by atoms with Crippen molar-refractivity contribution < 1.29 is 14.3 Å². The first-order valence-corrected chi connectivity index (χ1v) is 8.77. The lowest BCUT2D eigenvalue weighted by atomic mass is 9.94. The third-order valence-corrected chi connectivity index (χ3v) is 5.32. The minimum Gasteiger partial charge on any atom is -0.375 e. The molecule has 0 unspecified atom stereocenters. The number of nitrogens with one attached hydrogen (secondary N) is 1. The second-order valence-electron chi connectivity index (χ2n) is 6.64. The zero-order valence-electron chi connectivity index (χ0n) is 13.9. The number of likely N-dealkylation sites (tertiary alicyclic amines) is 1. The maximum absolute atomic E-state index is 12.7. The Hall–Kier alpha value is -1.59. The van der Waals surface area contributed by atoms with Gasteiger partial charge in [0.1, 0.15) is 6.61 Å². The van der Waals surface area contributed by atoms with Gasteiger partial charge in [-0.2, -0.15) is 0 Å². The Bertz CT molecular complexity index is 622. The van der Waals surface area contributed by atoms with Crippen molar-refractivity contribution in [3.8, 4) is 0 Å². The molecule has 130 valence electrons. The van der Waals surface area contributed by atoms with Crippen LogP contribution in [0, 0.1) is 5.92 Å². The molecular formula is C18H23ClN2O3. The van der Waals surface area contributed by atoms with Gasteiger partial charge in [-0.15, -0.1) is 0 Å². The highest BCUT2D eigenvalue weighted by atomic mass is 35.5. The normalized spacial score (nSPS) is 19.8. The molecule has 2 amide bonds. The number of rotatable bonds is 5. The van der Waals surface area contributed by atoms with E-state index in [-0.39, 0.29) is 29.9 Å². The SMILES string of the molecule is COCC(=O)N1CCC(C(=O)NC2(c3ccccc3Cl)CC2)CC1. The smallest absolute Gasteiger partial charge is 0.248 e. The van der Waals surface area contributed by atoms with Crippen LogP contribution in [0.5, 0.6) is 0 Å². The lowest BCUT2D eigenvalue weighted by Crippen LogP contribution is -2.46.